The number of fused-ring (bicyclic) bond motifs is 6. The first-order chi connectivity index (χ1) is 39.7. The number of hydrogen-bond donors (Lipinski definition) is 0. The zero-order valence-electron chi connectivity index (χ0n) is 43.9. The third-order valence-electron chi connectivity index (χ3n) is 16.2. The minimum Gasteiger partial charge on any atom is -0.309 e. The molecule has 0 atom stereocenters. The molecule has 0 aliphatic heterocycles. The van der Waals surface area contributed by atoms with Crippen LogP contribution in [0.5, 0.6) is 0 Å². The lowest BCUT2D eigenvalue weighted by molar-refractivity contribution is 1.18. The van der Waals surface area contributed by atoms with Crippen molar-refractivity contribution >= 4 is 43.6 Å². The Morgan fingerprint density at radius 1 is 0.150 bits per heavy atom. The summed E-state index contributed by atoms with van der Waals surface area (Å²) in [5.41, 5.74) is 26.2. The van der Waals surface area contributed by atoms with Crippen molar-refractivity contribution in [1.82, 2.24) is 9.13 Å². The highest BCUT2D eigenvalue weighted by Gasteiger charge is 2.20. The molecule has 2 aromatic heterocycles. The monoisotopic (exact) mass is 1020 g/mol. The van der Waals surface area contributed by atoms with Gasteiger partial charge in [0.2, 0.25) is 0 Å². The van der Waals surface area contributed by atoms with Crippen LogP contribution >= 0.6 is 0 Å². The van der Waals surface area contributed by atoms with Gasteiger partial charge in [-0.3, -0.25) is 0 Å². The highest BCUT2D eigenvalue weighted by molar-refractivity contribution is 6.13. The first-order valence-corrected chi connectivity index (χ1v) is 27.6. The standard InChI is InChI=1S/C78H52N2/c1-3-20-55(21-4-1)65-30-7-8-31-66(65)63-28-19-27-60(50-63)59-26-17-24-57(48-59)53-40-42-54(43-41-53)58-25-18-29-64(49-58)68-33-10-14-37-74(68)80-76-39-16-12-35-70(76)72-52-62(45-47-78(72)80)61-44-46-77-71(51-61)69-34-11-15-38-75(69)79(77)73-36-13-9-32-67(73)56-22-5-2-6-23-56/h1-52H. The molecule has 80 heavy (non-hydrogen) atoms. The fourth-order valence-electron chi connectivity index (χ4n) is 12.3. The Balaban J connectivity index is 0.747. The molecular weight excluding hydrogens is 965 g/mol. The van der Waals surface area contributed by atoms with Crippen molar-refractivity contribution in [3.8, 4) is 100 Å². The summed E-state index contributed by atoms with van der Waals surface area (Å²) in [6, 6.07) is 115. The first kappa shape index (κ1) is 46.7. The smallest absolute Gasteiger partial charge is 0.0541 e. The molecule has 15 rings (SSSR count). The molecule has 0 aliphatic rings. The molecule has 0 fully saturated rings. The van der Waals surface area contributed by atoms with E-state index in [1.807, 2.05) is 0 Å². The van der Waals surface area contributed by atoms with E-state index in [9.17, 15) is 0 Å². The molecule has 0 spiro atoms. The molecule has 0 aliphatic carbocycles. The molecule has 0 amide bonds. The maximum absolute atomic E-state index is 2.46. The van der Waals surface area contributed by atoms with Gasteiger partial charge in [-0.15, -0.1) is 0 Å². The highest BCUT2D eigenvalue weighted by Crippen LogP contribution is 2.42. The van der Waals surface area contributed by atoms with Crippen LogP contribution in [0, 0.1) is 0 Å². The van der Waals surface area contributed by atoms with E-state index >= 15 is 0 Å². The van der Waals surface area contributed by atoms with Crippen molar-refractivity contribution < 1.29 is 0 Å². The fourth-order valence-corrected chi connectivity index (χ4v) is 12.3. The van der Waals surface area contributed by atoms with Gasteiger partial charge in [-0.05, 0) is 145 Å². The van der Waals surface area contributed by atoms with Crippen molar-refractivity contribution in [3.05, 3.63) is 315 Å². The van der Waals surface area contributed by atoms with Crippen LogP contribution in [0.4, 0.5) is 0 Å². The summed E-state index contributed by atoms with van der Waals surface area (Å²) in [6.07, 6.45) is 0. The average molecular weight is 1020 g/mol. The lowest BCUT2D eigenvalue weighted by Crippen LogP contribution is -1.97. The molecule has 13 aromatic carbocycles. The van der Waals surface area contributed by atoms with E-state index in [1.165, 1.54) is 138 Å². The van der Waals surface area contributed by atoms with Gasteiger partial charge < -0.3 is 9.13 Å². The second-order valence-corrected chi connectivity index (χ2v) is 20.8. The first-order valence-electron chi connectivity index (χ1n) is 27.6. The third kappa shape index (κ3) is 8.21. The summed E-state index contributed by atoms with van der Waals surface area (Å²) in [6.45, 7) is 0. The van der Waals surface area contributed by atoms with Crippen LogP contribution in [-0.2, 0) is 0 Å². The van der Waals surface area contributed by atoms with E-state index < -0.39 is 0 Å². The molecule has 2 nitrogen and oxygen atoms in total. The Morgan fingerprint density at radius 3 is 0.925 bits per heavy atom. The van der Waals surface area contributed by atoms with Crippen LogP contribution in [0.3, 0.4) is 0 Å². The zero-order valence-corrected chi connectivity index (χ0v) is 43.9. The number of rotatable bonds is 10. The molecule has 0 N–H and O–H groups in total. The van der Waals surface area contributed by atoms with Gasteiger partial charge in [0.05, 0.1) is 33.4 Å². The molecule has 0 unspecified atom stereocenters. The second kappa shape index (κ2) is 19.8. The minimum atomic E-state index is 1.15. The highest BCUT2D eigenvalue weighted by atomic mass is 15.0. The van der Waals surface area contributed by atoms with Crippen LogP contribution in [0.25, 0.3) is 144 Å². The van der Waals surface area contributed by atoms with E-state index in [4.69, 9.17) is 0 Å². The SMILES string of the molecule is c1ccc(-c2ccccc2-c2cccc(-c3cccc(-c4ccc(-c5cccc(-c6ccccc6-n6c7ccccc7c7cc(-c8ccc9c(c8)c8ccccc8n9-c8ccccc8-c8ccccc8)ccc76)c5)cc4)c3)c2)cc1. The number of hydrogen-bond acceptors (Lipinski definition) is 0. The minimum absolute atomic E-state index is 1.15. The van der Waals surface area contributed by atoms with Crippen molar-refractivity contribution in [3.63, 3.8) is 0 Å². The van der Waals surface area contributed by atoms with E-state index in [-0.39, 0.29) is 0 Å². The molecule has 0 radical (unpaired) electrons. The number of nitrogens with zero attached hydrogens (tertiary/aromatic N) is 2. The van der Waals surface area contributed by atoms with Crippen molar-refractivity contribution in [2.75, 3.05) is 0 Å². The Morgan fingerprint density at radius 2 is 0.438 bits per heavy atom. The van der Waals surface area contributed by atoms with Gasteiger partial charge in [0.1, 0.15) is 0 Å². The van der Waals surface area contributed by atoms with E-state index in [2.05, 4.69) is 325 Å². The zero-order chi connectivity index (χ0) is 52.9. The molecule has 0 bridgehead atoms. The molecular formula is C78H52N2. The van der Waals surface area contributed by atoms with Gasteiger partial charge in [0.15, 0.2) is 0 Å². The van der Waals surface area contributed by atoms with Crippen LogP contribution < -0.4 is 0 Å². The largest absolute Gasteiger partial charge is 0.309 e. The summed E-state index contributed by atoms with van der Waals surface area (Å²) in [5, 5.41) is 4.93. The molecule has 0 saturated carbocycles. The Bertz CT molecular complexity index is 4810. The van der Waals surface area contributed by atoms with Crippen LogP contribution in [0.2, 0.25) is 0 Å². The predicted octanol–water partition coefficient (Wildman–Crippen LogP) is 21.2. The number of para-hydroxylation sites is 4. The van der Waals surface area contributed by atoms with E-state index in [0.717, 1.165) is 5.69 Å². The summed E-state index contributed by atoms with van der Waals surface area (Å²) in [7, 11) is 0. The van der Waals surface area contributed by atoms with Crippen molar-refractivity contribution in [2.45, 2.75) is 0 Å². The van der Waals surface area contributed by atoms with Gasteiger partial charge >= 0.3 is 0 Å². The lowest BCUT2D eigenvalue weighted by atomic mass is 9.92. The second-order valence-electron chi connectivity index (χ2n) is 20.8. The van der Waals surface area contributed by atoms with Crippen LogP contribution in [-0.4, -0.2) is 9.13 Å². The summed E-state index contributed by atoms with van der Waals surface area (Å²) < 4.78 is 4.89. The molecule has 374 valence electrons. The average Bonchev–Trinajstić information content (AvgIpc) is 4.16. The van der Waals surface area contributed by atoms with Gasteiger partial charge in [0, 0.05) is 32.7 Å². The third-order valence-corrected chi connectivity index (χ3v) is 16.2. The van der Waals surface area contributed by atoms with Gasteiger partial charge in [-0.25, -0.2) is 0 Å². The molecule has 15 aromatic rings. The fraction of sp³-hybridized carbons (Fsp3) is 0. The maximum atomic E-state index is 2.46. The summed E-state index contributed by atoms with van der Waals surface area (Å²) in [5.74, 6) is 0. The normalized spacial score (nSPS) is 11.5. The summed E-state index contributed by atoms with van der Waals surface area (Å²) in [4.78, 5) is 0. The van der Waals surface area contributed by atoms with Gasteiger partial charge in [0.25, 0.3) is 0 Å². The van der Waals surface area contributed by atoms with Gasteiger partial charge in [-0.1, -0.05) is 249 Å². The van der Waals surface area contributed by atoms with Crippen LogP contribution in [0.15, 0.2) is 315 Å². The summed E-state index contributed by atoms with van der Waals surface area (Å²) >= 11 is 0. The van der Waals surface area contributed by atoms with Gasteiger partial charge in [-0.2, -0.15) is 0 Å². The Labute approximate surface area is 466 Å². The van der Waals surface area contributed by atoms with Crippen molar-refractivity contribution in [2.24, 2.45) is 0 Å². The van der Waals surface area contributed by atoms with E-state index in [0.29, 0.717) is 0 Å². The topological polar surface area (TPSA) is 9.86 Å². The van der Waals surface area contributed by atoms with Crippen LogP contribution in [0.1, 0.15) is 0 Å². The Kier molecular flexibility index (Phi) is 11.6. The Hall–Kier alpha value is -10.5. The maximum Gasteiger partial charge on any atom is 0.0541 e. The predicted molar refractivity (Wildman–Crippen MR) is 339 cm³/mol. The quantitative estimate of drug-likeness (QED) is 0.129. The molecule has 2 heteroatoms. The molecule has 0 saturated heterocycles. The number of aromatic nitrogens is 2. The lowest BCUT2D eigenvalue weighted by Gasteiger charge is -2.15. The van der Waals surface area contributed by atoms with E-state index in [1.54, 1.807) is 0 Å². The molecule has 2 heterocycles. The number of benzene rings is 13. The van der Waals surface area contributed by atoms with Crippen molar-refractivity contribution in [1.29, 1.82) is 0 Å².